The molecular weight excluding hydrogens is 242 g/mol. The van der Waals surface area contributed by atoms with Gasteiger partial charge >= 0.3 is 0 Å². The van der Waals surface area contributed by atoms with Crippen molar-refractivity contribution >= 4 is 17.6 Å². The van der Waals surface area contributed by atoms with Crippen molar-refractivity contribution in [2.24, 2.45) is 7.05 Å². The molecule has 0 unspecified atom stereocenters. The fraction of sp³-hybridized carbons (Fsp3) is 0.786. The number of anilines is 1. The highest BCUT2D eigenvalue weighted by Gasteiger charge is 2.22. The molecule has 1 aliphatic carbocycles. The fourth-order valence-corrected chi connectivity index (χ4v) is 3.44. The zero-order chi connectivity index (χ0) is 13.0. The van der Waals surface area contributed by atoms with Crippen LogP contribution in [0.3, 0.4) is 0 Å². The van der Waals surface area contributed by atoms with Gasteiger partial charge in [0.15, 0.2) is 0 Å². The van der Waals surface area contributed by atoms with E-state index < -0.39 is 0 Å². The van der Waals surface area contributed by atoms with Crippen molar-refractivity contribution in [1.29, 1.82) is 0 Å². The molecule has 0 amide bonds. The molecule has 0 saturated heterocycles. The van der Waals surface area contributed by atoms with Gasteiger partial charge in [-0.05, 0) is 24.3 Å². The minimum Gasteiger partial charge on any atom is -0.384 e. The topological polar surface area (TPSA) is 43.8 Å². The van der Waals surface area contributed by atoms with Crippen molar-refractivity contribution < 1.29 is 0 Å². The van der Waals surface area contributed by atoms with Crippen LogP contribution in [0, 0.1) is 0 Å². The van der Waals surface area contributed by atoms with Crippen LogP contribution in [-0.4, -0.2) is 21.1 Å². The van der Waals surface area contributed by atoms with Crippen LogP contribution in [0.5, 0.6) is 0 Å². The lowest BCUT2D eigenvalue weighted by Gasteiger charge is -2.21. The zero-order valence-electron chi connectivity index (χ0n) is 11.6. The van der Waals surface area contributed by atoms with Crippen LogP contribution < -0.4 is 5.73 Å². The number of hydrogen-bond acceptors (Lipinski definition) is 3. The summed E-state index contributed by atoms with van der Waals surface area (Å²) < 4.78 is 2.13. The van der Waals surface area contributed by atoms with Crippen LogP contribution in [0.25, 0.3) is 0 Å². The Balaban J connectivity index is 2.08. The number of nitrogens with zero attached hydrogens (tertiary/aromatic N) is 2. The lowest BCUT2D eigenvalue weighted by molar-refractivity contribution is 0.421. The molecule has 18 heavy (non-hydrogen) atoms. The maximum absolute atomic E-state index is 6.18. The number of aromatic nitrogens is 2. The lowest BCUT2D eigenvalue weighted by Crippen LogP contribution is -2.11. The average Bonchev–Trinajstić information content (AvgIpc) is 2.68. The van der Waals surface area contributed by atoms with Crippen LogP contribution in [0.2, 0.25) is 0 Å². The highest BCUT2D eigenvalue weighted by Crippen LogP contribution is 2.33. The number of nitrogens with two attached hydrogens (primary N) is 1. The Morgan fingerprint density at radius 2 is 2.06 bits per heavy atom. The van der Waals surface area contributed by atoms with E-state index in [0.29, 0.717) is 5.92 Å². The van der Waals surface area contributed by atoms with Crippen molar-refractivity contribution in [3.05, 3.63) is 11.5 Å². The highest BCUT2D eigenvalue weighted by molar-refractivity contribution is 7.99. The summed E-state index contributed by atoms with van der Waals surface area (Å²) in [6.07, 6.45) is 7.65. The highest BCUT2D eigenvalue weighted by atomic mass is 32.2. The summed E-state index contributed by atoms with van der Waals surface area (Å²) in [6.45, 7) is 2.19. The summed E-state index contributed by atoms with van der Waals surface area (Å²) in [5.74, 6) is 5.04. The van der Waals surface area contributed by atoms with Crippen LogP contribution in [0.15, 0.2) is 0 Å². The minimum absolute atomic E-state index is 0.638. The van der Waals surface area contributed by atoms with E-state index >= 15 is 0 Å². The van der Waals surface area contributed by atoms with Crippen molar-refractivity contribution in [3.63, 3.8) is 0 Å². The predicted octanol–water partition coefficient (Wildman–Crippen LogP) is 3.35. The first-order chi connectivity index (χ1) is 8.74. The normalized spacial score (nSPS) is 17.2. The van der Waals surface area contributed by atoms with Crippen molar-refractivity contribution in [2.45, 2.75) is 51.4 Å². The third-order valence-electron chi connectivity index (χ3n) is 3.91. The molecule has 0 spiro atoms. The molecule has 1 aromatic rings. The van der Waals surface area contributed by atoms with E-state index in [1.165, 1.54) is 43.7 Å². The summed E-state index contributed by atoms with van der Waals surface area (Å²) >= 11 is 1.96. The Bertz CT molecular complexity index is 381. The Labute approximate surface area is 115 Å². The number of nitrogen functional groups attached to an aromatic ring is 1. The molecular formula is C14H25N3S. The molecule has 4 heteroatoms. The van der Waals surface area contributed by atoms with E-state index in [1.54, 1.807) is 0 Å². The molecule has 0 aromatic carbocycles. The maximum atomic E-state index is 6.18. The second-order valence-corrected chi connectivity index (χ2v) is 6.54. The predicted molar refractivity (Wildman–Crippen MR) is 80.1 cm³/mol. The first kappa shape index (κ1) is 13.8. The second kappa shape index (κ2) is 6.50. The molecule has 1 fully saturated rings. The van der Waals surface area contributed by atoms with Gasteiger partial charge in [-0.15, -0.1) is 0 Å². The van der Waals surface area contributed by atoms with Crippen LogP contribution in [0.1, 0.15) is 56.5 Å². The van der Waals surface area contributed by atoms with Gasteiger partial charge in [-0.25, -0.2) is 4.98 Å². The summed E-state index contributed by atoms with van der Waals surface area (Å²) in [5, 5.41) is 0. The van der Waals surface area contributed by atoms with Gasteiger partial charge in [0.2, 0.25) is 0 Å². The van der Waals surface area contributed by atoms with E-state index in [0.717, 1.165) is 23.7 Å². The fourth-order valence-electron chi connectivity index (χ4n) is 2.81. The molecule has 1 saturated carbocycles. The molecule has 1 heterocycles. The van der Waals surface area contributed by atoms with Crippen LogP contribution in [-0.2, 0) is 13.5 Å². The lowest BCUT2D eigenvalue weighted by atomic mass is 9.89. The monoisotopic (exact) mass is 267 g/mol. The Kier molecular flexibility index (Phi) is 4.98. The van der Waals surface area contributed by atoms with Gasteiger partial charge < -0.3 is 10.3 Å². The smallest absolute Gasteiger partial charge is 0.126 e. The second-order valence-electron chi connectivity index (χ2n) is 5.14. The summed E-state index contributed by atoms with van der Waals surface area (Å²) in [7, 11) is 2.07. The number of hydrogen-bond donors (Lipinski definition) is 1. The van der Waals surface area contributed by atoms with Crippen LogP contribution >= 0.6 is 11.8 Å². The van der Waals surface area contributed by atoms with Crippen molar-refractivity contribution in [1.82, 2.24) is 9.55 Å². The SMILES string of the molecule is CCSCCc1nc(C2CCCCC2)n(C)c1N. The Morgan fingerprint density at radius 1 is 1.33 bits per heavy atom. The third kappa shape index (κ3) is 3.02. The average molecular weight is 267 g/mol. The van der Waals surface area contributed by atoms with Crippen LogP contribution in [0.4, 0.5) is 5.82 Å². The molecule has 2 N–H and O–H groups in total. The minimum atomic E-state index is 0.638. The molecule has 2 rings (SSSR count). The Morgan fingerprint density at radius 3 is 2.72 bits per heavy atom. The zero-order valence-corrected chi connectivity index (χ0v) is 12.4. The summed E-state index contributed by atoms with van der Waals surface area (Å²) in [4.78, 5) is 4.83. The van der Waals surface area contributed by atoms with Gasteiger partial charge in [0.1, 0.15) is 11.6 Å². The van der Waals surface area contributed by atoms with E-state index in [1.807, 2.05) is 11.8 Å². The molecule has 3 nitrogen and oxygen atoms in total. The molecule has 0 bridgehead atoms. The van der Waals surface area contributed by atoms with E-state index in [-0.39, 0.29) is 0 Å². The largest absolute Gasteiger partial charge is 0.384 e. The summed E-state index contributed by atoms with van der Waals surface area (Å²) in [6, 6.07) is 0. The number of aryl methyl sites for hydroxylation is 1. The van der Waals surface area contributed by atoms with Gasteiger partial charge in [0.05, 0.1) is 5.69 Å². The van der Waals surface area contributed by atoms with E-state index in [4.69, 9.17) is 10.7 Å². The molecule has 1 aromatic heterocycles. The first-order valence-corrected chi connectivity index (χ1v) is 8.28. The Hall–Kier alpha value is -0.640. The van der Waals surface area contributed by atoms with Crippen molar-refractivity contribution in [3.8, 4) is 0 Å². The number of rotatable bonds is 5. The molecule has 0 aliphatic heterocycles. The molecule has 102 valence electrons. The third-order valence-corrected chi connectivity index (χ3v) is 4.81. The molecule has 1 aliphatic rings. The first-order valence-electron chi connectivity index (χ1n) is 7.12. The number of imidazole rings is 1. The van der Waals surface area contributed by atoms with E-state index in [2.05, 4.69) is 18.5 Å². The molecule has 0 radical (unpaired) electrons. The number of thioether (sulfide) groups is 1. The quantitative estimate of drug-likeness (QED) is 0.832. The molecule has 0 atom stereocenters. The summed E-state index contributed by atoms with van der Waals surface area (Å²) in [5.41, 5.74) is 7.29. The van der Waals surface area contributed by atoms with E-state index in [9.17, 15) is 0 Å². The van der Waals surface area contributed by atoms with Gasteiger partial charge in [0.25, 0.3) is 0 Å². The van der Waals surface area contributed by atoms with Gasteiger partial charge in [-0.2, -0.15) is 11.8 Å². The van der Waals surface area contributed by atoms with Gasteiger partial charge in [-0.3, -0.25) is 0 Å². The standard InChI is InChI=1S/C14H25N3S/c1-3-18-10-9-12-13(15)17(2)14(16-12)11-7-5-4-6-8-11/h11H,3-10,15H2,1-2H3. The maximum Gasteiger partial charge on any atom is 0.126 e. The van der Waals surface area contributed by atoms with Gasteiger partial charge in [0, 0.05) is 19.4 Å². The van der Waals surface area contributed by atoms with Crippen molar-refractivity contribution in [2.75, 3.05) is 17.2 Å². The van der Waals surface area contributed by atoms with Gasteiger partial charge in [-0.1, -0.05) is 26.2 Å².